The number of hydrogen-bond donors (Lipinski definition) is 1. The van der Waals surface area contributed by atoms with E-state index in [0.29, 0.717) is 5.06 Å². The Labute approximate surface area is 84.8 Å². The fourth-order valence-corrected chi connectivity index (χ4v) is 1.39. The number of rotatable bonds is 3. The van der Waals surface area contributed by atoms with Crippen LogP contribution in [0.1, 0.15) is 20.8 Å². The molecule has 0 aliphatic carbocycles. The number of aromatic hydroxyl groups is 1. The van der Waals surface area contributed by atoms with Gasteiger partial charge in [-0.2, -0.15) is 0 Å². The van der Waals surface area contributed by atoms with Crippen molar-refractivity contribution in [3.63, 3.8) is 0 Å². The summed E-state index contributed by atoms with van der Waals surface area (Å²) in [5.74, 6) is 0. The van der Waals surface area contributed by atoms with Crippen LogP contribution in [0.5, 0.6) is 5.06 Å². The van der Waals surface area contributed by atoms with Gasteiger partial charge in [-0.3, -0.25) is 0 Å². The molecule has 0 saturated heterocycles. The minimum absolute atomic E-state index is 0.384. The van der Waals surface area contributed by atoms with E-state index in [4.69, 9.17) is 5.11 Å². The minimum atomic E-state index is 0.384. The van der Waals surface area contributed by atoms with Crippen molar-refractivity contribution in [2.75, 3.05) is 19.6 Å². The molecule has 0 atom stereocenters. The monoisotopic (exact) mass is 201 g/mol. The zero-order valence-electron chi connectivity index (χ0n) is 8.66. The molecule has 1 heterocycles. The fraction of sp³-hybridized carbons (Fsp3) is 0.600. The van der Waals surface area contributed by atoms with Gasteiger partial charge in [-0.25, -0.2) is 0 Å². The predicted octanol–water partition coefficient (Wildman–Crippen LogP) is 2.80. The average Bonchev–Trinajstić information content (AvgIpc) is 2.60. The highest BCUT2D eigenvalue weighted by Gasteiger charge is 1.89. The van der Waals surface area contributed by atoms with Gasteiger partial charge in [0.25, 0.3) is 0 Å². The van der Waals surface area contributed by atoms with Gasteiger partial charge in [-0.15, -0.1) is 11.3 Å². The van der Waals surface area contributed by atoms with Gasteiger partial charge in [0.05, 0.1) is 0 Å². The third kappa shape index (κ3) is 6.61. The molecule has 3 heteroatoms. The minimum Gasteiger partial charge on any atom is -0.499 e. The second kappa shape index (κ2) is 8.08. The summed E-state index contributed by atoms with van der Waals surface area (Å²) in [6.45, 7) is 10.1. The quantitative estimate of drug-likeness (QED) is 0.813. The fourth-order valence-electron chi connectivity index (χ4n) is 0.941. The molecule has 0 spiro atoms. The Balaban J connectivity index is 0.000000223. The van der Waals surface area contributed by atoms with Gasteiger partial charge >= 0.3 is 0 Å². The van der Waals surface area contributed by atoms with Crippen LogP contribution in [-0.4, -0.2) is 29.6 Å². The van der Waals surface area contributed by atoms with Crippen molar-refractivity contribution in [1.29, 1.82) is 0 Å². The molecule has 0 amide bonds. The molecule has 13 heavy (non-hydrogen) atoms. The van der Waals surface area contributed by atoms with Gasteiger partial charge in [0, 0.05) is 0 Å². The van der Waals surface area contributed by atoms with Gasteiger partial charge in [-0.05, 0) is 37.1 Å². The molecule has 0 aliphatic rings. The second-order valence-corrected chi connectivity index (χ2v) is 3.50. The van der Waals surface area contributed by atoms with Crippen molar-refractivity contribution in [2.24, 2.45) is 0 Å². The Kier molecular flexibility index (Phi) is 7.74. The summed E-state index contributed by atoms with van der Waals surface area (Å²) in [5, 5.41) is 10.7. The normalized spacial score (nSPS) is 9.54. The molecule has 1 aromatic heterocycles. The van der Waals surface area contributed by atoms with E-state index in [1.807, 2.05) is 5.38 Å². The van der Waals surface area contributed by atoms with Crippen LogP contribution in [-0.2, 0) is 0 Å². The first kappa shape index (κ1) is 12.5. The molecular weight excluding hydrogens is 182 g/mol. The summed E-state index contributed by atoms with van der Waals surface area (Å²) in [7, 11) is 0. The molecule has 0 fully saturated rings. The maximum Gasteiger partial charge on any atom is 0.171 e. The Morgan fingerprint density at radius 2 is 1.77 bits per heavy atom. The van der Waals surface area contributed by atoms with Crippen molar-refractivity contribution in [3.05, 3.63) is 17.5 Å². The number of nitrogens with zero attached hydrogens (tertiary/aromatic N) is 1. The molecule has 0 radical (unpaired) electrons. The maximum absolute atomic E-state index is 8.49. The van der Waals surface area contributed by atoms with Gasteiger partial charge in [0.1, 0.15) is 0 Å². The molecule has 1 rings (SSSR count). The summed E-state index contributed by atoms with van der Waals surface area (Å²) in [5.41, 5.74) is 0. The number of hydrogen-bond acceptors (Lipinski definition) is 3. The largest absolute Gasteiger partial charge is 0.499 e. The summed E-state index contributed by atoms with van der Waals surface area (Å²) in [6, 6.07) is 3.46. The molecule has 0 aromatic carbocycles. The average molecular weight is 201 g/mol. The van der Waals surface area contributed by atoms with Gasteiger partial charge in [0.15, 0.2) is 5.06 Å². The van der Waals surface area contributed by atoms with Crippen molar-refractivity contribution < 1.29 is 5.11 Å². The van der Waals surface area contributed by atoms with Crippen LogP contribution >= 0.6 is 11.3 Å². The molecule has 76 valence electrons. The Morgan fingerprint density at radius 1 is 1.23 bits per heavy atom. The lowest BCUT2D eigenvalue weighted by Gasteiger charge is -2.13. The topological polar surface area (TPSA) is 23.5 Å². The van der Waals surface area contributed by atoms with Crippen LogP contribution in [0.15, 0.2) is 17.5 Å². The first-order valence-corrected chi connectivity index (χ1v) is 5.57. The molecule has 0 unspecified atom stereocenters. The van der Waals surface area contributed by atoms with Gasteiger partial charge < -0.3 is 10.0 Å². The summed E-state index contributed by atoms with van der Waals surface area (Å²) in [4.78, 5) is 2.38. The van der Waals surface area contributed by atoms with Crippen LogP contribution in [0.4, 0.5) is 0 Å². The molecule has 0 aliphatic heterocycles. The smallest absolute Gasteiger partial charge is 0.171 e. The van der Waals surface area contributed by atoms with Gasteiger partial charge in [0.2, 0.25) is 0 Å². The van der Waals surface area contributed by atoms with E-state index in [1.54, 1.807) is 12.1 Å². The SMILES string of the molecule is CCN(CC)CC.Oc1cccs1. The van der Waals surface area contributed by atoms with Crippen LogP contribution in [0.25, 0.3) is 0 Å². The number of thiophene rings is 1. The molecule has 1 aromatic rings. The van der Waals surface area contributed by atoms with Crippen molar-refractivity contribution >= 4 is 11.3 Å². The van der Waals surface area contributed by atoms with Crippen molar-refractivity contribution in [1.82, 2.24) is 4.90 Å². The van der Waals surface area contributed by atoms with E-state index in [-0.39, 0.29) is 0 Å². The first-order valence-electron chi connectivity index (χ1n) is 4.69. The van der Waals surface area contributed by atoms with Crippen LogP contribution in [0.3, 0.4) is 0 Å². The lowest BCUT2D eigenvalue weighted by atomic mass is 10.5. The molecule has 0 saturated carbocycles. The lowest BCUT2D eigenvalue weighted by Crippen LogP contribution is -2.21. The van der Waals surface area contributed by atoms with Crippen LogP contribution in [0, 0.1) is 0 Å². The molecule has 0 bridgehead atoms. The first-order chi connectivity index (χ1) is 6.24. The molecule has 1 N–H and O–H groups in total. The predicted molar refractivity (Wildman–Crippen MR) is 59.4 cm³/mol. The van der Waals surface area contributed by atoms with E-state index < -0.39 is 0 Å². The zero-order valence-corrected chi connectivity index (χ0v) is 9.47. The summed E-state index contributed by atoms with van der Waals surface area (Å²) < 4.78 is 0. The highest BCUT2D eigenvalue weighted by atomic mass is 32.1. The van der Waals surface area contributed by atoms with Crippen molar-refractivity contribution in [2.45, 2.75) is 20.8 Å². The van der Waals surface area contributed by atoms with E-state index in [1.165, 1.54) is 31.0 Å². The van der Waals surface area contributed by atoms with E-state index in [9.17, 15) is 0 Å². The highest BCUT2D eigenvalue weighted by Crippen LogP contribution is 2.14. The van der Waals surface area contributed by atoms with Gasteiger partial charge in [-0.1, -0.05) is 20.8 Å². The van der Waals surface area contributed by atoms with Crippen LogP contribution in [0.2, 0.25) is 0 Å². The standard InChI is InChI=1S/C6H15N.C4H4OS/c1-4-7(5-2)6-3;5-4-2-1-3-6-4/h4-6H2,1-3H3;1-3,5H. The third-order valence-electron chi connectivity index (χ3n) is 1.85. The van der Waals surface area contributed by atoms with E-state index in [2.05, 4.69) is 25.7 Å². The van der Waals surface area contributed by atoms with Crippen LogP contribution < -0.4 is 0 Å². The maximum atomic E-state index is 8.49. The van der Waals surface area contributed by atoms with Crippen molar-refractivity contribution in [3.8, 4) is 5.06 Å². The highest BCUT2D eigenvalue weighted by molar-refractivity contribution is 7.11. The Morgan fingerprint density at radius 3 is 1.85 bits per heavy atom. The molecule has 2 nitrogen and oxygen atoms in total. The van der Waals surface area contributed by atoms with E-state index in [0.717, 1.165) is 0 Å². The molecular formula is C10H19NOS. The zero-order chi connectivity index (χ0) is 10.1. The van der Waals surface area contributed by atoms with E-state index >= 15 is 0 Å². The lowest BCUT2D eigenvalue weighted by molar-refractivity contribution is 0.321. The summed E-state index contributed by atoms with van der Waals surface area (Å²) >= 11 is 1.33. The Hall–Kier alpha value is -0.540. The Bertz CT molecular complexity index is 177. The third-order valence-corrected chi connectivity index (χ3v) is 2.52. The summed E-state index contributed by atoms with van der Waals surface area (Å²) in [6.07, 6.45) is 0. The second-order valence-electron chi connectivity index (χ2n) is 2.57.